The van der Waals surface area contributed by atoms with Crippen molar-refractivity contribution in [3.05, 3.63) is 30.0 Å². The van der Waals surface area contributed by atoms with Crippen LogP contribution in [0.3, 0.4) is 0 Å². The minimum absolute atomic E-state index is 0.0761. The zero-order chi connectivity index (χ0) is 23.2. The number of anilines is 1. The van der Waals surface area contributed by atoms with Gasteiger partial charge in [0.15, 0.2) is 0 Å². The van der Waals surface area contributed by atoms with Gasteiger partial charge in [0, 0.05) is 29.6 Å². The molecule has 1 aromatic carbocycles. The fourth-order valence-corrected chi connectivity index (χ4v) is 3.42. The predicted octanol–water partition coefficient (Wildman–Crippen LogP) is 3.08. The summed E-state index contributed by atoms with van der Waals surface area (Å²) in [6.07, 6.45) is 3.28. The number of carbonyl (C=O) groups is 3. The summed E-state index contributed by atoms with van der Waals surface area (Å²) in [6.45, 7) is 7.16. The van der Waals surface area contributed by atoms with Crippen molar-refractivity contribution in [3.63, 3.8) is 0 Å². The number of rotatable bonds is 9. The minimum Gasteiger partial charge on any atom is -0.468 e. The van der Waals surface area contributed by atoms with Crippen molar-refractivity contribution in [2.24, 2.45) is 5.73 Å². The maximum Gasteiger partial charge on any atom is 0.325 e. The number of esters is 2. The number of aromatic nitrogens is 1. The van der Waals surface area contributed by atoms with Gasteiger partial charge in [0.2, 0.25) is 5.91 Å². The van der Waals surface area contributed by atoms with E-state index in [1.165, 1.54) is 12.0 Å². The number of amides is 1. The van der Waals surface area contributed by atoms with E-state index in [9.17, 15) is 14.4 Å². The average molecular weight is 432 g/mol. The van der Waals surface area contributed by atoms with Gasteiger partial charge >= 0.3 is 11.9 Å². The molecule has 0 saturated carbocycles. The van der Waals surface area contributed by atoms with E-state index in [4.69, 9.17) is 15.2 Å². The van der Waals surface area contributed by atoms with Crippen molar-refractivity contribution in [1.82, 2.24) is 4.98 Å². The summed E-state index contributed by atoms with van der Waals surface area (Å²) in [7, 11) is 1.29. The molecule has 8 nitrogen and oxygen atoms in total. The molecule has 3 N–H and O–H groups in total. The summed E-state index contributed by atoms with van der Waals surface area (Å²) in [6, 6.07) is 5.06. The van der Waals surface area contributed by atoms with Crippen molar-refractivity contribution in [1.29, 1.82) is 0 Å². The lowest BCUT2D eigenvalue weighted by atomic mass is 10.0. The molecule has 1 aromatic heterocycles. The third-order valence-electron chi connectivity index (χ3n) is 4.67. The number of H-pyrrole nitrogens is 1. The molecule has 0 fully saturated rings. The summed E-state index contributed by atoms with van der Waals surface area (Å²) in [5.41, 5.74) is 7.96. The van der Waals surface area contributed by atoms with Crippen LogP contribution in [0.25, 0.3) is 10.9 Å². The molecular formula is C23H33N3O5. The second kappa shape index (κ2) is 10.4. The summed E-state index contributed by atoms with van der Waals surface area (Å²) >= 11 is 0. The highest BCUT2D eigenvalue weighted by Crippen LogP contribution is 2.31. The highest BCUT2D eigenvalue weighted by atomic mass is 16.6. The van der Waals surface area contributed by atoms with Crippen LogP contribution < -0.4 is 10.6 Å². The first-order chi connectivity index (χ1) is 14.6. The molecule has 0 aliphatic rings. The van der Waals surface area contributed by atoms with Crippen molar-refractivity contribution < 1.29 is 23.9 Å². The lowest BCUT2D eigenvalue weighted by Crippen LogP contribution is -2.36. The molecule has 1 heterocycles. The van der Waals surface area contributed by atoms with Crippen molar-refractivity contribution in [2.75, 3.05) is 18.6 Å². The Morgan fingerprint density at radius 1 is 1.19 bits per heavy atom. The number of hydrogen-bond donors (Lipinski definition) is 2. The van der Waals surface area contributed by atoms with E-state index < -0.39 is 17.6 Å². The molecule has 0 saturated heterocycles. The van der Waals surface area contributed by atoms with E-state index in [1.807, 2.05) is 46.0 Å². The van der Waals surface area contributed by atoms with Gasteiger partial charge in [-0.25, -0.2) is 0 Å². The van der Waals surface area contributed by atoms with Crippen molar-refractivity contribution in [2.45, 2.75) is 65.0 Å². The number of nitrogens with one attached hydrogen (secondary N) is 1. The molecule has 2 rings (SSSR count). The third-order valence-corrected chi connectivity index (χ3v) is 4.67. The summed E-state index contributed by atoms with van der Waals surface area (Å²) in [4.78, 5) is 41.6. The van der Waals surface area contributed by atoms with Gasteiger partial charge in [0.05, 0.1) is 19.2 Å². The molecule has 31 heavy (non-hydrogen) atoms. The lowest BCUT2D eigenvalue weighted by Gasteiger charge is -2.23. The molecule has 1 atom stereocenters. The summed E-state index contributed by atoms with van der Waals surface area (Å²) in [5.74, 6) is -1.02. The zero-order valence-electron chi connectivity index (χ0n) is 19.0. The second-order valence-corrected chi connectivity index (χ2v) is 8.57. The van der Waals surface area contributed by atoms with Crippen LogP contribution in [0.1, 0.15) is 52.5 Å². The Morgan fingerprint density at radius 2 is 1.90 bits per heavy atom. The number of nitrogens with two attached hydrogens (primary N) is 1. The first kappa shape index (κ1) is 24.4. The second-order valence-electron chi connectivity index (χ2n) is 8.57. The molecule has 1 amide bonds. The topological polar surface area (TPSA) is 115 Å². The third kappa shape index (κ3) is 6.82. The average Bonchev–Trinajstić information content (AvgIpc) is 3.07. The number of hydrogen-bond acceptors (Lipinski definition) is 6. The smallest absolute Gasteiger partial charge is 0.325 e. The minimum atomic E-state index is -0.571. The summed E-state index contributed by atoms with van der Waals surface area (Å²) < 4.78 is 10.2. The van der Waals surface area contributed by atoms with Gasteiger partial charge in [-0.1, -0.05) is 13.0 Å². The van der Waals surface area contributed by atoms with Gasteiger partial charge in [0.1, 0.15) is 12.1 Å². The van der Waals surface area contributed by atoms with Crippen molar-refractivity contribution >= 4 is 34.4 Å². The highest BCUT2D eigenvalue weighted by molar-refractivity contribution is 6.06. The Kier molecular flexibility index (Phi) is 8.21. The molecule has 1 unspecified atom stereocenters. The number of methoxy groups -OCH3 is 1. The van der Waals surface area contributed by atoms with Gasteiger partial charge in [0.25, 0.3) is 0 Å². The summed E-state index contributed by atoms with van der Waals surface area (Å²) in [5, 5.41) is 0.801. The Morgan fingerprint density at radius 3 is 2.52 bits per heavy atom. The van der Waals surface area contributed by atoms with Crippen LogP contribution in [0, 0.1) is 0 Å². The molecule has 0 radical (unpaired) electrons. The molecule has 170 valence electrons. The maximum absolute atomic E-state index is 12.8. The number of fused-ring (bicyclic) bond motifs is 1. The van der Waals surface area contributed by atoms with Gasteiger partial charge in [-0.2, -0.15) is 0 Å². The predicted molar refractivity (Wildman–Crippen MR) is 120 cm³/mol. The number of carbonyl (C=O) groups excluding carboxylic acids is 3. The number of nitrogens with zero attached hydrogens (tertiary/aromatic N) is 1. The lowest BCUT2D eigenvalue weighted by molar-refractivity contribution is -0.155. The molecule has 0 spiro atoms. The van der Waals surface area contributed by atoms with Crippen LogP contribution in [-0.4, -0.2) is 48.1 Å². The number of aromatic amines is 1. The van der Waals surface area contributed by atoms with E-state index in [1.54, 1.807) is 6.07 Å². The van der Waals surface area contributed by atoms with Crippen LogP contribution in [0.5, 0.6) is 0 Å². The van der Waals surface area contributed by atoms with Gasteiger partial charge in [-0.05, 0) is 51.3 Å². The maximum atomic E-state index is 12.8. The Bertz CT molecular complexity index is 929. The zero-order valence-corrected chi connectivity index (χ0v) is 19.0. The Hall–Kier alpha value is -2.87. The fourth-order valence-electron chi connectivity index (χ4n) is 3.42. The first-order valence-corrected chi connectivity index (χ1v) is 10.5. The molecule has 8 heteroatoms. The molecule has 0 aliphatic heterocycles. The standard InChI is InChI=1S/C23H33N3O5/c1-6-8-19(27)26(14-21(29)30-5)18-10-7-9-17-22(18)15(13-25-17)11-16(24)12-20(28)31-23(2,3)4/h7,9-10,13,16,25H,6,8,11-12,14,24H2,1-5H3. The normalized spacial score (nSPS) is 12.5. The molecule has 0 bridgehead atoms. The number of ether oxygens (including phenoxy) is 2. The van der Waals surface area contributed by atoms with Crippen LogP contribution in [0.4, 0.5) is 5.69 Å². The van der Waals surface area contributed by atoms with Crippen LogP contribution in [0.2, 0.25) is 0 Å². The highest BCUT2D eigenvalue weighted by Gasteiger charge is 2.24. The first-order valence-electron chi connectivity index (χ1n) is 10.5. The van der Waals surface area contributed by atoms with Crippen LogP contribution >= 0.6 is 0 Å². The largest absolute Gasteiger partial charge is 0.468 e. The van der Waals surface area contributed by atoms with Gasteiger partial charge in [-0.3, -0.25) is 14.4 Å². The Balaban J connectivity index is 2.35. The van der Waals surface area contributed by atoms with Crippen molar-refractivity contribution in [3.8, 4) is 0 Å². The van der Waals surface area contributed by atoms with E-state index in [0.29, 0.717) is 24.9 Å². The van der Waals surface area contributed by atoms with E-state index in [-0.39, 0.29) is 24.8 Å². The van der Waals surface area contributed by atoms with Crippen LogP contribution in [0.15, 0.2) is 24.4 Å². The fraction of sp³-hybridized carbons (Fsp3) is 0.522. The van der Waals surface area contributed by atoms with Crippen LogP contribution in [-0.2, 0) is 30.3 Å². The van der Waals surface area contributed by atoms with Gasteiger partial charge in [-0.15, -0.1) is 0 Å². The van der Waals surface area contributed by atoms with E-state index in [0.717, 1.165) is 16.5 Å². The molecule has 2 aromatic rings. The number of benzene rings is 1. The SMILES string of the molecule is CCCC(=O)N(CC(=O)OC)c1cccc2[nH]cc(CC(N)CC(=O)OC(C)(C)C)c12. The molecular weight excluding hydrogens is 398 g/mol. The van der Waals surface area contributed by atoms with E-state index in [2.05, 4.69) is 4.98 Å². The quantitative estimate of drug-likeness (QED) is 0.590. The van der Waals surface area contributed by atoms with Gasteiger partial charge < -0.3 is 25.1 Å². The Labute approximate surface area is 183 Å². The van der Waals surface area contributed by atoms with E-state index >= 15 is 0 Å². The molecule has 0 aliphatic carbocycles. The monoisotopic (exact) mass is 431 g/mol.